The van der Waals surface area contributed by atoms with Crippen LogP contribution in [0.25, 0.3) is 21.5 Å². The molecule has 0 unspecified atom stereocenters. The number of rotatable bonds is 5. The van der Waals surface area contributed by atoms with Gasteiger partial charge in [-0.15, -0.1) is 11.3 Å². The maximum atomic E-state index is 13.0. The number of aromatic nitrogens is 2. The van der Waals surface area contributed by atoms with Gasteiger partial charge >= 0.3 is 6.18 Å². The molecule has 2 aromatic heterocycles. The maximum Gasteiger partial charge on any atom is 0.419 e. The van der Waals surface area contributed by atoms with Crippen LogP contribution in [0, 0.1) is 0 Å². The van der Waals surface area contributed by atoms with Crippen molar-refractivity contribution in [2.24, 2.45) is 10.7 Å². The highest BCUT2D eigenvalue weighted by Crippen LogP contribution is 2.44. The molecule has 0 spiro atoms. The smallest absolute Gasteiger partial charge is 0.419 e. The van der Waals surface area contributed by atoms with Crippen LogP contribution < -0.4 is 11.1 Å². The van der Waals surface area contributed by atoms with Crippen molar-refractivity contribution in [2.75, 3.05) is 5.32 Å². The number of aliphatic imine (C=N–C) groups is 1. The summed E-state index contributed by atoms with van der Waals surface area (Å²) in [7, 11) is 0. The molecule has 0 saturated heterocycles. The van der Waals surface area contributed by atoms with E-state index in [0.29, 0.717) is 10.2 Å². The second-order valence-corrected chi connectivity index (χ2v) is 7.53. The van der Waals surface area contributed by atoms with E-state index in [4.69, 9.17) is 5.73 Å². The Labute approximate surface area is 166 Å². The molecule has 2 heterocycles. The van der Waals surface area contributed by atoms with E-state index in [9.17, 15) is 23.1 Å². The fraction of sp³-hybridized carbons (Fsp3) is 0.222. The highest BCUT2D eigenvalue weighted by Gasteiger charge is 2.34. The molecule has 1 amide bonds. The van der Waals surface area contributed by atoms with Gasteiger partial charge < -0.3 is 16.2 Å². The number of phenolic OH excluding ortho intramolecular Hbond substituents is 1. The Morgan fingerprint density at radius 2 is 2.07 bits per heavy atom. The Balaban J connectivity index is 1.97. The largest absolute Gasteiger partial charge is 0.507 e. The molecule has 1 saturated carbocycles. The van der Waals surface area contributed by atoms with Crippen LogP contribution in [0.3, 0.4) is 0 Å². The van der Waals surface area contributed by atoms with Gasteiger partial charge in [-0.3, -0.25) is 9.79 Å². The van der Waals surface area contributed by atoms with Crippen molar-refractivity contribution < 1.29 is 23.1 Å². The molecule has 3 aromatic rings. The highest BCUT2D eigenvalue weighted by molar-refractivity contribution is 7.21. The Kier molecular flexibility index (Phi) is 4.41. The van der Waals surface area contributed by atoms with Crippen LogP contribution in [0.4, 0.5) is 24.8 Å². The van der Waals surface area contributed by atoms with Crippen LogP contribution in [0.1, 0.15) is 28.1 Å². The number of nitrogens with two attached hydrogens (primary N) is 1. The van der Waals surface area contributed by atoms with E-state index >= 15 is 0 Å². The van der Waals surface area contributed by atoms with Crippen molar-refractivity contribution in [3.05, 3.63) is 28.6 Å². The SMILES string of the molecule is C=Nc1c(C(N)=O)sc2nc(NC3CC3)nc(-c3ccc(C(F)(F)F)c(O)c3)c12. The van der Waals surface area contributed by atoms with Gasteiger partial charge in [-0.25, -0.2) is 9.97 Å². The number of alkyl halides is 3. The number of hydrogen-bond acceptors (Lipinski definition) is 7. The third kappa shape index (κ3) is 3.48. The van der Waals surface area contributed by atoms with E-state index in [0.717, 1.165) is 36.3 Å². The van der Waals surface area contributed by atoms with Gasteiger partial charge in [-0.1, -0.05) is 6.07 Å². The number of halogens is 3. The topological polar surface area (TPSA) is 113 Å². The molecule has 150 valence electrons. The molecule has 29 heavy (non-hydrogen) atoms. The predicted molar refractivity (Wildman–Crippen MR) is 104 cm³/mol. The Hall–Kier alpha value is -3.21. The summed E-state index contributed by atoms with van der Waals surface area (Å²) in [6.45, 7) is 3.46. The van der Waals surface area contributed by atoms with Crippen molar-refractivity contribution in [1.29, 1.82) is 0 Å². The van der Waals surface area contributed by atoms with E-state index < -0.39 is 23.4 Å². The predicted octanol–water partition coefficient (Wildman–Crippen LogP) is 4.09. The summed E-state index contributed by atoms with van der Waals surface area (Å²) >= 11 is 0.997. The van der Waals surface area contributed by atoms with Gasteiger partial charge in [0, 0.05) is 11.6 Å². The van der Waals surface area contributed by atoms with Crippen molar-refractivity contribution in [2.45, 2.75) is 25.1 Å². The molecular weight excluding hydrogens is 407 g/mol. The van der Waals surface area contributed by atoms with Crippen molar-refractivity contribution >= 4 is 45.8 Å². The van der Waals surface area contributed by atoms with Gasteiger partial charge in [0.2, 0.25) is 5.95 Å². The molecule has 0 atom stereocenters. The molecule has 11 heteroatoms. The van der Waals surface area contributed by atoms with E-state index in [-0.39, 0.29) is 33.8 Å². The lowest BCUT2D eigenvalue weighted by Crippen LogP contribution is -2.08. The number of benzene rings is 1. The summed E-state index contributed by atoms with van der Waals surface area (Å²) in [6.07, 6.45) is -2.79. The van der Waals surface area contributed by atoms with Crippen LogP contribution in [0.15, 0.2) is 23.2 Å². The number of fused-ring (bicyclic) bond motifs is 1. The average Bonchev–Trinajstić information content (AvgIpc) is 3.36. The zero-order valence-electron chi connectivity index (χ0n) is 14.7. The number of carbonyl (C=O) groups is 1. The summed E-state index contributed by atoms with van der Waals surface area (Å²) < 4.78 is 39.0. The first-order chi connectivity index (χ1) is 13.7. The molecule has 1 fully saturated rings. The van der Waals surface area contributed by atoms with E-state index in [2.05, 4.69) is 27.0 Å². The molecule has 1 aliphatic rings. The molecule has 0 aliphatic heterocycles. The minimum atomic E-state index is -4.70. The number of anilines is 1. The molecule has 0 radical (unpaired) electrons. The minimum Gasteiger partial charge on any atom is -0.507 e. The zero-order valence-corrected chi connectivity index (χ0v) is 15.6. The van der Waals surface area contributed by atoms with E-state index in [1.165, 1.54) is 6.07 Å². The number of nitrogens with one attached hydrogen (secondary N) is 1. The van der Waals surface area contributed by atoms with Crippen molar-refractivity contribution in [3.8, 4) is 17.0 Å². The van der Waals surface area contributed by atoms with Crippen molar-refractivity contribution in [3.63, 3.8) is 0 Å². The number of thiophene rings is 1. The molecule has 7 nitrogen and oxygen atoms in total. The first kappa shape index (κ1) is 19.1. The van der Waals surface area contributed by atoms with E-state index in [1.54, 1.807) is 0 Å². The monoisotopic (exact) mass is 421 g/mol. The van der Waals surface area contributed by atoms with Crippen LogP contribution in [0.2, 0.25) is 0 Å². The second-order valence-electron chi connectivity index (χ2n) is 6.53. The zero-order chi connectivity index (χ0) is 20.9. The first-order valence-electron chi connectivity index (χ1n) is 8.47. The Morgan fingerprint density at radius 1 is 1.34 bits per heavy atom. The van der Waals surface area contributed by atoms with Crippen molar-refractivity contribution in [1.82, 2.24) is 9.97 Å². The fourth-order valence-corrected chi connectivity index (χ4v) is 3.89. The average molecular weight is 421 g/mol. The number of hydrogen-bond donors (Lipinski definition) is 3. The summed E-state index contributed by atoms with van der Waals surface area (Å²) in [4.78, 5) is 25.0. The number of carbonyl (C=O) groups excluding carboxylic acids is 1. The lowest BCUT2D eigenvalue weighted by Gasteiger charge is -2.12. The molecular formula is C18H14F3N5O2S. The van der Waals surface area contributed by atoms with Gasteiger partial charge in [0.25, 0.3) is 5.91 Å². The Bertz CT molecular complexity index is 1150. The van der Waals surface area contributed by atoms with Crippen LogP contribution >= 0.6 is 11.3 Å². The number of phenols is 1. The van der Waals surface area contributed by atoms with E-state index in [1.807, 2.05) is 0 Å². The fourth-order valence-electron chi connectivity index (χ4n) is 2.91. The number of amides is 1. The Morgan fingerprint density at radius 3 is 2.62 bits per heavy atom. The quantitative estimate of drug-likeness (QED) is 0.537. The highest BCUT2D eigenvalue weighted by atomic mass is 32.1. The first-order valence-corrected chi connectivity index (χ1v) is 9.29. The van der Waals surface area contributed by atoms with Gasteiger partial charge in [-0.05, 0) is 31.7 Å². The molecule has 1 aromatic carbocycles. The molecule has 1 aliphatic carbocycles. The van der Waals surface area contributed by atoms with Crippen LogP contribution in [-0.4, -0.2) is 33.7 Å². The normalized spacial score (nSPS) is 14.2. The third-order valence-electron chi connectivity index (χ3n) is 4.40. The van der Waals surface area contributed by atoms with Gasteiger partial charge in [0.1, 0.15) is 15.5 Å². The summed E-state index contributed by atoms with van der Waals surface area (Å²) in [5.74, 6) is -1.40. The standard InChI is InChI=1S/C18H14F3N5O2S/c1-23-13-11-12(7-2-5-9(10(27)6-7)18(19,20)21)25-17(24-8-3-4-8)26-16(11)29-14(13)15(22)28/h2,5-6,8,27H,1,3-4H2,(H2,22,28)(H,24,25,26). The number of primary amides is 1. The minimum absolute atomic E-state index is 0.116. The number of aromatic hydroxyl groups is 1. The molecule has 4 N–H and O–H groups in total. The number of nitrogens with zero attached hydrogens (tertiary/aromatic N) is 3. The van der Waals surface area contributed by atoms with Gasteiger partial charge in [-0.2, -0.15) is 13.2 Å². The summed E-state index contributed by atoms with van der Waals surface area (Å²) in [5, 5.41) is 13.4. The van der Waals surface area contributed by atoms with Gasteiger partial charge in [0.05, 0.1) is 22.3 Å². The second kappa shape index (κ2) is 6.69. The summed E-state index contributed by atoms with van der Waals surface area (Å²) in [5.41, 5.74) is 4.84. The van der Waals surface area contributed by atoms with Crippen LogP contribution in [0.5, 0.6) is 5.75 Å². The lowest BCUT2D eigenvalue weighted by atomic mass is 10.0. The van der Waals surface area contributed by atoms with Gasteiger partial charge in [0.15, 0.2) is 0 Å². The lowest BCUT2D eigenvalue weighted by molar-refractivity contribution is -0.138. The van der Waals surface area contributed by atoms with Crippen LogP contribution in [-0.2, 0) is 6.18 Å². The third-order valence-corrected chi connectivity index (χ3v) is 5.48. The summed E-state index contributed by atoms with van der Waals surface area (Å²) in [6, 6.07) is 3.16. The molecule has 4 rings (SSSR count). The maximum absolute atomic E-state index is 13.0. The molecule has 0 bridgehead atoms.